The molecule has 1 atom stereocenters. The molecular weight excluding hydrogens is 270 g/mol. The van der Waals surface area contributed by atoms with Crippen molar-refractivity contribution in [3.8, 4) is 0 Å². The van der Waals surface area contributed by atoms with E-state index in [4.69, 9.17) is 5.11 Å². The number of carbonyl (C=O) groups excluding carboxylic acids is 1. The van der Waals surface area contributed by atoms with Crippen LogP contribution in [0.4, 0.5) is 0 Å². The number of carboxylic acids is 1. The lowest BCUT2D eigenvalue weighted by Gasteiger charge is -2.22. The van der Waals surface area contributed by atoms with E-state index < -0.39 is 11.9 Å². The molecule has 2 aliphatic rings. The Morgan fingerprint density at radius 3 is 2.76 bits per heavy atom. The van der Waals surface area contributed by atoms with Crippen molar-refractivity contribution in [2.45, 2.75) is 51.1 Å². The monoisotopic (exact) mass is 291 g/mol. The Labute approximate surface area is 123 Å². The molecule has 1 unspecified atom stereocenters. The number of aromatic nitrogens is 2. The molecule has 1 aliphatic carbocycles. The first-order valence-electron chi connectivity index (χ1n) is 7.68. The molecule has 6 heteroatoms. The predicted octanol–water partition coefficient (Wildman–Crippen LogP) is 1.82. The van der Waals surface area contributed by atoms with E-state index in [-0.39, 0.29) is 12.3 Å². The molecule has 0 aromatic carbocycles. The van der Waals surface area contributed by atoms with Gasteiger partial charge in [0, 0.05) is 19.2 Å². The summed E-state index contributed by atoms with van der Waals surface area (Å²) < 4.78 is 2.02. The van der Waals surface area contributed by atoms with Gasteiger partial charge in [-0.15, -0.1) is 0 Å². The second-order valence-electron chi connectivity index (χ2n) is 6.09. The molecule has 2 fully saturated rings. The summed E-state index contributed by atoms with van der Waals surface area (Å²) >= 11 is 0. The summed E-state index contributed by atoms with van der Waals surface area (Å²) in [5, 5.41) is 13.6. The third kappa shape index (κ3) is 3.09. The van der Waals surface area contributed by atoms with E-state index in [2.05, 4.69) is 5.10 Å². The molecule has 1 aliphatic heterocycles. The number of likely N-dealkylation sites (tertiary alicyclic amines) is 1. The lowest BCUT2D eigenvalue weighted by Crippen LogP contribution is -2.26. The fourth-order valence-electron chi connectivity index (χ4n) is 3.30. The summed E-state index contributed by atoms with van der Waals surface area (Å²) in [6.45, 7) is 0.715. The van der Waals surface area contributed by atoms with Gasteiger partial charge in [0.1, 0.15) is 0 Å². The molecule has 1 saturated carbocycles. The summed E-state index contributed by atoms with van der Waals surface area (Å²) in [7, 11) is 0. The first-order valence-corrected chi connectivity index (χ1v) is 7.68. The smallest absolute Gasteiger partial charge is 0.308 e. The Hall–Kier alpha value is -1.85. The predicted molar refractivity (Wildman–Crippen MR) is 75.5 cm³/mol. The van der Waals surface area contributed by atoms with E-state index in [0.29, 0.717) is 19.1 Å². The Morgan fingerprint density at radius 2 is 2.10 bits per heavy atom. The molecule has 21 heavy (non-hydrogen) atoms. The maximum Gasteiger partial charge on any atom is 0.308 e. The highest BCUT2D eigenvalue weighted by Crippen LogP contribution is 2.27. The molecule has 0 radical (unpaired) electrons. The highest BCUT2D eigenvalue weighted by molar-refractivity contribution is 5.86. The van der Waals surface area contributed by atoms with Gasteiger partial charge in [0.2, 0.25) is 5.91 Å². The Bertz CT molecular complexity index is 534. The van der Waals surface area contributed by atoms with Crippen molar-refractivity contribution < 1.29 is 14.7 Å². The van der Waals surface area contributed by atoms with Gasteiger partial charge in [-0.3, -0.25) is 14.3 Å². The van der Waals surface area contributed by atoms with Gasteiger partial charge in [0.15, 0.2) is 0 Å². The SMILES string of the molecule is O=C(O)C1CC(=O)N(Cc2ccn(C3CCCCC3)n2)C1. The summed E-state index contributed by atoms with van der Waals surface area (Å²) in [5.41, 5.74) is 0.847. The van der Waals surface area contributed by atoms with Crippen molar-refractivity contribution in [2.75, 3.05) is 6.54 Å². The molecule has 114 valence electrons. The second-order valence-corrected chi connectivity index (χ2v) is 6.09. The van der Waals surface area contributed by atoms with Crippen LogP contribution in [0.2, 0.25) is 0 Å². The van der Waals surface area contributed by atoms with E-state index in [1.54, 1.807) is 4.90 Å². The lowest BCUT2D eigenvalue weighted by molar-refractivity contribution is -0.141. The third-order valence-electron chi connectivity index (χ3n) is 4.53. The Morgan fingerprint density at radius 1 is 1.33 bits per heavy atom. The van der Waals surface area contributed by atoms with Crippen molar-refractivity contribution in [2.24, 2.45) is 5.92 Å². The quantitative estimate of drug-likeness (QED) is 0.918. The van der Waals surface area contributed by atoms with Crippen molar-refractivity contribution >= 4 is 11.9 Å². The first kappa shape index (κ1) is 14.1. The Kier molecular flexibility index (Phi) is 3.94. The van der Waals surface area contributed by atoms with Crippen LogP contribution in [0.15, 0.2) is 12.3 Å². The van der Waals surface area contributed by atoms with Crippen molar-refractivity contribution in [1.82, 2.24) is 14.7 Å². The summed E-state index contributed by atoms with van der Waals surface area (Å²) in [4.78, 5) is 24.4. The maximum absolute atomic E-state index is 11.8. The first-order chi connectivity index (χ1) is 10.1. The van der Waals surface area contributed by atoms with Gasteiger partial charge >= 0.3 is 5.97 Å². The fraction of sp³-hybridized carbons (Fsp3) is 0.667. The van der Waals surface area contributed by atoms with Gasteiger partial charge in [-0.25, -0.2) is 0 Å². The zero-order chi connectivity index (χ0) is 14.8. The fourth-order valence-corrected chi connectivity index (χ4v) is 3.30. The molecule has 0 spiro atoms. The number of hydrogen-bond donors (Lipinski definition) is 1. The molecule has 1 aromatic heterocycles. The average molecular weight is 291 g/mol. The van der Waals surface area contributed by atoms with Crippen LogP contribution in [0.1, 0.15) is 50.3 Å². The van der Waals surface area contributed by atoms with Crippen molar-refractivity contribution in [3.63, 3.8) is 0 Å². The van der Waals surface area contributed by atoms with Crippen LogP contribution in [0, 0.1) is 5.92 Å². The van der Waals surface area contributed by atoms with Crippen LogP contribution < -0.4 is 0 Å². The maximum atomic E-state index is 11.8. The third-order valence-corrected chi connectivity index (χ3v) is 4.53. The molecule has 1 amide bonds. The van der Waals surface area contributed by atoms with Gasteiger partial charge in [0.25, 0.3) is 0 Å². The van der Waals surface area contributed by atoms with Crippen molar-refractivity contribution in [3.05, 3.63) is 18.0 Å². The largest absolute Gasteiger partial charge is 0.481 e. The van der Waals surface area contributed by atoms with Crippen LogP contribution in [0.25, 0.3) is 0 Å². The number of rotatable bonds is 4. The lowest BCUT2D eigenvalue weighted by atomic mass is 9.96. The summed E-state index contributed by atoms with van der Waals surface area (Å²) in [6, 6.07) is 2.42. The number of amides is 1. The van der Waals surface area contributed by atoms with Crippen LogP contribution in [0.5, 0.6) is 0 Å². The molecule has 1 N–H and O–H groups in total. The van der Waals surface area contributed by atoms with Gasteiger partial charge in [-0.05, 0) is 18.9 Å². The minimum Gasteiger partial charge on any atom is -0.481 e. The highest BCUT2D eigenvalue weighted by Gasteiger charge is 2.34. The van der Waals surface area contributed by atoms with Crippen LogP contribution in [-0.2, 0) is 16.1 Å². The normalized spacial score (nSPS) is 23.7. The zero-order valence-corrected chi connectivity index (χ0v) is 12.1. The standard InChI is InChI=1S/C15H21N3O3/c19-14-8-11(15(20)21)9-17(14)10-12-6-7-18(16-12)13-4-2-1-3-5-13/h6-7,11,13H,1-5,8-10H2,(H,20,21). The summed E-state index contributed by atoms with van der Waals surface area (Å²) in [5.74, 6) is -1.55. The number of hydrogen-bond acceptors (Lipinski definition) is 3. The number of carbonyl (C=O) groups is 2. The van der Waals surface area contributed by atoms with E-state index in [1.807, 2.05) is 16.9 Å². The van der Waals surface area contributed by atoms with Crippen LogP contribution in [0.3, 0.4) is 0 Å². The van der Waals surface area contributed by atoms with Crippen LogP contribution >= 0.6 is 0 Å². The van der Waals surface area contributed by atoms with Gasteiger partial charge in [-0.1, -0.05) is 19.3 Å². The van der Waals surface area contributed by atoms with Gasteiger partial charge in [0.05, 0.1) is 24.2 Å². The number of nitrogens with zero attached hydrogens (tertiary/aromatic N) is 3. The molecular formula is C15H21N3O3. The molecule has 6 nitrogen and oxygen atoms in total. The van der Waals surface area contributed by atoms with Gasteiger partial charge < -0.3 is 10.0 Å². The Balaban J connectivity index is 1.62. The average Bonchev–Trinajstić information content (AvgIpc) is 3.08. The van der Waals surface area contributed by atoms with E-state index in [0.717, 1.165) is 5.69 Å². The molecule has 1 saturated heterocycles. The van der Waals surface area contributed by atoms with Gasteiger partial charge in [-0.2, -0.15) is 5.10 Å². The minimum absolute atomic E-state index is 0.0883. The highest BCUT2D eigenvalue weighted by atomic mass is 16.4. The topological polar surface area (TPSA) is 75.4 Å². The minimum atomic E-state index is -0.890. The molecule has 3 rings (SSSR count). The molecule has 2 heterocycles. The second kappa shape index (κ2) is 5.87. The zero-order valence-electron chi connectivity index (χ0n) is 12.1. The van der Waals surface area contributed by atoms with E-state index >= 15 is 0 Å². The number of carboxylic acid groups (broad SMARTS) is 1. The molecule has 1 aromatic rings. The molecule has 0 bridgehead atoms. The van der Waals surface area contributed by atoms with E-state index in [1.165, 1.54) is 32.1 Å². The van der Waals surface area contributed by atoms with Crippen LogP contribution in [-0.4, -0.2) is 38.2 Å². The number of aliphatic carboxylic acids is 1. The van der Waals surface area contributed by atoms with Crippen molar-refractivity contribution in [1.29, 1.82) is 0 Å². The van der Waals surface area contributed by atoms with E-state index in [9.17, 15) is 9.59 Å². The summed E-state index contributed by atoms with van der Waals surface area (Å²) in [6.07, 6.45) is 8.26.